The molecular weight excluding hydrogens is 292 g/mol. The Kier molecular flexibility index (Phi) is 5.61. The van der Waals surface area contributed by atoms with Crippen molar-refractivity contribution in [2.45, 2.75) is 38.0 Å². The first-order valence-corrected chi connectivity index (χ1v) is 7.60. The Labute approximate surface area is 130 Å². The van der Waals surface area contributed by atoms with Gasteiger partial charge in [-0.05, 0) is 33.4 Å². The molecule has 1 saturated carbocycles. The third-order valence-corrected chi connectivity index (χ3v) is 4.21. The number of anilines is 1. The van der Waals surface area contributed by atoms with Crippen LogP contribution in [0, 0.1) is 0 Å². The van der Waals surface area contributed by atoms with Crippen molar-refractivity contribution in [3.05, 3.63) is 21.6 Å². The lowest BCUT2D eigenvalue weighted by Crippen LogP contribution is -2.33. The number of aromatic nitrogens is 2. The lowest BCUT2D eigenvalue weighted by atomic mass is 10.2. The molecular formula is C14H23ClN4O2. The van der Waals surface area contributed by atoms with E-state index < -0.39 is 0 Å². The number of nitrogens with zero attached hydrogens (tertiary/aromatic N) is 3. The molecule has 0 saturated heterocycles. The van der Waals surface area contributed by atoms with Gasteiger partial charge in [0, 0.05) is 13.7 Å². The van der Waals surface area contributed by atoms with Crippen molar-refractivity contribution < 1.29 is 4.74 Å². The number of methoxy groups -OCH3 is 1. The van der Waals surface area contributed by atoms with E-state index in [0.29, 0.717) is 12.2 Å². The molecule has 0 aliphatic heterocycles. The number of hydrogen-bond donors (Lipinski definition) is 1. The Balaban J connectivity index is 2.11. The molecule has 7 heteroatoms. The van der Waals surface area contributed by atoms with Gasteiger partial charge in [-0.15, -0.1) is 0 Å². The van der Waals surface area contributed by atoms with Gasteiger partial charge in [0.15, 0.2) is 0 Å². The molecule has 1 aliphatic rings. The zero-order valence-electron chi connectivity index (χ0n) is 12.8. The Morgan fingerprint density at radius 3 is 2.95 bits per heavy atom. The van der Waals surface area contributed by atoms with Crippen LogP contribution in [0.1, 0.15) is 19.3 Å². The van der Waals surface area contributed by atoms with Gasteiger partial charge >= 0.3 is 0 Å². The van der Waals surface area contributed by atoms with Crippen LogP contribution in [0.3, 0.4) is 0 Å². The van der Waals surface area contributed by atoms with Crippen molar-refractivity contribution in [2.75, 3.05) is 33.1 Å². The number of rotatable bonds is 6. The molecule has 0 radical (unpaired) electrons. The number of halogens is 1. The lowest BCUT2D eigenvalue weighted by molar-refractivity contribution is 0.101. The molecule has 1 aromatic heterocycles. The summed E-state index contributed by atoms with van der Waals surface area (Å²) in [6.45, 7) is 1.26. The van der Waals surface area contributed by atoms with Gasteiger partial charge in [-0.3, -0.25) is 4.79 Å². The molecule has 0 aromatic carbocycles. The van der Waals surface area contributed by atoms with Crippen LogP contribution in [0.15, 0.2) is 11.0 Å². The zero-order valence-corrected chi connectivity index (χ0v) is 13.6. The maximum atomic E-state index is 12.2. The summed E-state index contributed by atoms with van der Waals surface area (Å²) >= 11 is 6.19. The molecule has 0 amide bonds. The fourth-order valence-electron chi connectivity index (χ4n) is 2.59. The van der Waals surface area contributed by atoms with Gasteiger partial charge in [-0.2, -0.15) is 5.10 Å². The molecule has 2 rings (SSSR count). The van der Waals surface area contributed by atoms with E-state index in [1.807, 2.05) is 19.0 Å². The minimum atomic E-state index is -0.254. The van der Waals surface area contributed by atoms with Gasteiger partial charge < -0.3 is 15.0 Å². The maximum Gasteiger partial charge on any atom is 0.287 e. The largest absolute Gasteiger partial charge is 0.379 e. The van der Waals surface area contributed by atoms with Crippen LogP contribution in [0.5, 0.6) is 0 Å². The zero-order chi connectivity index (χ0) is 15.4. The second-order valence-electron chi connectivity index (χ2n) is 5.66. The molecule has 1 fully saturated rings. The quantitative estimate of drug-likeness (QED) is 0.861. The van der Waals surface area contributed by atoms with Crippen molar-refractivity contribution in [2.24, 2.45) is 0 Å². The Morgan fingerprint density at radius 1 is 1.52 bits per heavy atom. The number of nitrogens with one attached hydrogen (secondary N) is 1. The minimum Gasteiger partial charge on any atom is -0.379 e. The highest BCUT2D eigenvalue weighted by Crippen LogP contribution is 2.26. The van der Waals surface area contributed by atoms with E-state index in [0.717, 1.165) is 25.8 Å². The molecule has 0 spiro atoms. The van der Waals surface area contributed by atoms with Crippen LogP contribution in [0.2, 0.25) is 5.02 Å². The topological polar surface area (TPSA) is 59.4 Å². The Hall–Kier alpha value is -1.11. The molecule has 6 nitrogen and oxygen atoms in total. The first-order valence-electron chi connectivity index (χ1n) is 7.22. The van der Waals surface area contributed by atoms with Crippen LogP contribution in [-0.2, 0) is 11.3 Å². The second kappa shape index (κ2) is 7.24. The van der Waals surface area contributed by atoms with E-state index in [9.17, 15) is 4.79 Å². The summed E-state index contributed by atoms with van der Waals surface area (Å²) in [5.41, 5.74) is 0.340. The van der Waals surface area contributed by atoms with E-state index in [1.54, 1.807) is 13.3 Å². The fraction of sp³-hybridized carbons (Fsp3) is 0.714. The third-order valence-electron chi connectivity index (χ3n) is 3.84. The summed E-state index contributed by atoms with van der Waals surface area (Å²) in [5.74, 6) is 0. The number of hydrogen-bond acceptors (Lipinski definition) is 5. The molecule has 1 aliphatic carbocycles. The number of likely N-dealkylation sites (N-methyl/N-ethyl adjacent to an activating group) is 1. The van der Waals surface area contributed by atoms with Gasteiger partial charge in [-0.25, -0.2) is 4.68 Å². The van der Waals surface area contributed by atoms with Crippen molar-refractivity contribution in [1.82, 2.24) is 14.7 Å². The van der Waals surface area contributed by atoms with Crippen LogP contribution in [0.4, 0.5) is 5.69 Å². The molecule has 0 bridgehead atoms. The predicted molar refractivity (Wildman–Crippen MR) is 84.1 cm³/mol. The summed E-state index contributed by atoms with van der Waals surface area (Å²) in [6, 6.07) is 0.186. The van der Waals surface area contributed by atoms with E-state index >= 15 is 0 Å². The number of ether oxygens (including phenoxy) is 1. The lowest BCUT2D eigenvalue weighted by Gasteiger charge is -2.21. The van der Waals surface area contributed by atoms with E-state index in [-0.39, 0.29) is 22.7 Å². The van der Waals surface area contributed by atoms with Gasteiger partial charge in [-0.1, -0.05) is 11.6 Å². The molecule has 1 aromatic rings. The summed E-state index contributed by atoms with van der Waals surface area (Å²) in [6.07, 6.45) is 4.95. The first kappa shape index (κ1) is 16.3. The van der Waals surface area contributed by atoms with Crippen LogP contribution >= 0.6 is 11.6 Å². The predicted octanol–water partition coefficient (Wildman–Crippen LogP) is 1.44. The standard InChI is InChI=1S/C14H23ClN4O2/c1-18(2)7-8-19-14(20)13(15)11(9-16-19)17-10-5-4-6-12(10)21-3/h9-10,12,17H,4-8H2,1-3H3. The summed E-state index contributed by atoms with van der Waals surface area (Å²) in [5, 5.41) is 7.69. The van der Waals surface area contributed by atoms with E-state index in [4.69, 9.17) is 16.3 Å². The highest BCUT2D eigenvalue weighted by molar-refractivity contribution is 6.32. The highest BCUT2D eigenvalue weighted by Gasteiger charge is 2.27. The first-order chi connectivity index (χ1) is 10.0. The molecule has 1 N–H and O–H groups in total. The van der Waals surface area contributed by atoms with Gasteiger partial charge in [0.25, 0.3) is 5.56 Å². The van der Waals surface area contributed by atoms with Crippen LogP contribution in [-0.4, -0.2) is 54.6 Å². The normalized spacial score (nSPS) is 22.0. The van der Waals surface area contributed by atoms with E-state index in [1.165, 1.54) is 4.68 Å². The van der Waals surface area contributed by atoms with Gasteiger partial charge in [0.05, 0.1) is 30.6 Å². The van der Waals surface area contributed by atoms with Crippen molar-refractivity contribution in [3.63, 3.8) is 0 Å². The average Bonchev–Trinajstić information content (AvgIpc) is 2.90. The third kappa shape index (κ3) is 3.96. The highest BCUT2D eigenvalue weighted by atomic mass is 35.5. The Bertz CT molecular complexity index is 532. The fourth-order valence-corrected chi connectivity index (χ4v) is 2.79. The summed E-state index contributed by atoms with van der Waals surface area (Å²) in [4.78, 5) is 14.2. The smallest absolute Gasteiger partial charge is 0.287 e. The summed E-state index contributed by atoms with van der Waals surface area (Å²) in [7, 11) is 5.62. The van der Waals surface area contributed by atoms with Gasteiger partial charge in [0.1, 0.15) is 5.02 Å². The molecule has 2 unspecified atom stereocenters. The minimum absolute atomic E-state index is 0.164. The monoisotopic (exact) mass is 314 g/mol. The van der Waals surface area contributed by atoms with Crippen molar-refractivity contribution >= 4 is 17.3 Å². The van der Waals surface area contributed by atoms with Crippen molar-refractivity contribution in [3.8, 4) is 0 Å². The SMILES string of the molecule is COC1CCCC1Nc1cnn(CCN(C)C)c(=O)c1Cl. The van der Waals surface area contributed by atoms with Gasteiger partial charge in [0.2, 0.25) is 0 Å². The molecule has 1 heterocycles. The second-order valence-corrected chi connectivity index (χ2v) is 6.04. The molecule has 21 heavy (non-hydrogen) atoms. The maximum absolute atomic E-state index is 12.2. The Morgan fingerprint density at radius 2 is 2.29 bits per heavy atom. The molecule has 2 atom stereocenters. The average molecular weight is 315 g/mol. The summed E-state index contributed by atoms with van der Waals surface area (Å²) < 4.78 is 6.84. The van der Waals surface area contributed by atoms with Crippen LogP contribution < -0.4 is 10.9 Å². The molecule has 118 valence electrons. The van der Waals surface area contributed by atoms with E-state index in [2.05, 4.69) is 10.4 Å². The van der Waals surface area contributed by atoms with Crippen LogP contribution in [0.25, 0.3) is 0 Å². The van der Waals surface area contributed by atoms with Crippen molar-refractivity contribution in [1.29, 1.82) is 0 Å².